The van der Waals surface area contributed by atoms with E-state index in [1.165, 1.54) is 25.3 Å². The first-order chi connectivity index (χ1) is 12.3. The van der Waals surface area contributed by atoms with Gasteiger partial charge in [0.2, 0.25) is 0 Å². The zero-order valence-corrected chi connectivity index (χ0v) is 14.7. The zero-order chi connectivity index (χ0) is 19.3. The number of carbonyl (C=O) groups is 2. The number of anilines is 1. The van der Waals surface area contributed by atoms with Crippen LogP contribution in [0.3, 0.4) is 0 Å². The summed E-state index contributed by atoms with van der Waals surface area (Å²) >= 11 is 0. The number of benzene rings is 2. The Kier molecular flexibility index (Phi) is 6.05. The largest absolute Gasteiger partial charge is 0.372 e. The van der Waals surface area contributed by atoms with Gasteiger partial charge in [-0.2, -0.15) is 0 Å². The molecule has 2 N–H and O–H groups in total. The Hall–Kier alpha value is -2.80. The molecule has 2 rings (SSSR count). The molecule has 138 valence electrons. The van der Waals surface area contributed by atoms with Gasteiger partial charge in [-0.15, -0.1) is 0 Å². The van der Waals surface area contributed by atoms with E-state index in [0.717, 1.165) is 6.07 Å². The van der Waals surface area contributed by atoms with Crippen LogP contribution in [0.4, 0.5) is 14.5 Å². The van der Waals surface area contributed by atoms with E-state index in [9.17, 15) is 18.4 Å². The number of aryl methyl sites for hydroxylation is 1. The summed E-state index contributed by atoms with van der Waals surface area (Å²) in [5, 5.41) is 4.72. The summed E-state index contributed by atoms with van der Waals surface area (Å²) in [6.45, 7) is 3.06. The van der Waals surface area contributed by atoms with Crippen LogP contribution in [0.2, 0.25) is 0 Å². The van der Waals surface area contributed by atoms with Crippen molar-refractivity contribution >= 4 is 17.5 Å². The van der Waals surface area contributed by atoms with Crippen LogP contribution >= 0.6 is 0 Å². The molecular formula is C19H20F2N2O3. The molecule has 0 saturated heterocycles. The smallest absolute Gasteiger partial charge is 0.313 e. The lowest BCUT2D eigenvalue weighted by Crippen LogP contribution is -2.44. The van der Waals surface area contributed by atoms with E-state index in [2.05, 4.69) is 10.6 Å². The summed E-state index contributed by atoms with van der Waals surface area (Å²) < 4.78 is 32.9. The van der Waals surface area contributed by atoms with Crippen LogP contribution in [0, 0.1) is 18.6 Å². The first kappa shape index (κ1) is 19.5. The van der Waals surface area contributed by atoms with E-state index >= 15 is 0 Å². The normalized spacial score (nSPS) is 13.0. The highest BCUT2D eigenvalue weighted by Gasteiger charge is 2.30. The van der Waals surface area contributed by atoms with Gasteiger partial charge in [-0.3, -0.25) is 9.59 Å². The summed E-state index contributed by atoms with van der Waals surface area (Å²) in [6, 6.07) is 10.1. The van der Waals surface area contributed by atoms with Gasteiger partial charge in [-0.25, -0.2) is 8.78 Å². The number of rotatable bonds is 5. The predicted octanol–water partition coefficient (Wildman–Crippen LogP) is 2.89. The minimum atomic E-state index is -1.16. The lowest BCUT2D eigenvalue weighted by Gasteiger charge is -2.29. The summed E-state index contributed by atoms with van der Waals surface area (Å²) in [7, 11) is 1.38. The molecule has 1 unspecified atom stereocenters. The van der Waals surface area contributed by atoms with Crippen molar-refractivity contribution in [3.63, 3.8) is 0 Å². The van der Waals surface area contributed by atoms with Gasteiger partial charge < -0.3 is 15.4 Å². The van der Waals surface area contributed by atoms with E-state index < -0.39 is 29.0 Å². The van der Waals surface area contributed by atoms with Crippen LogP contribution < -0.4 is 10.6 Å². The molecule has 0 radical (unpaired) electrons. The summed E-state index contributed by atoms with van der Waals surface area (Å²) in [6.07, 6.45) is 0. The Morgan fingerprint density at radius 2 is 1.77 bits per heavy atom. The first-order valence-corrected chi connectivity index (χ1v) is 7.92. The van der Waals surface area contributed by atoms with Crippen LogP contribution in [0.25, 0.3) is 0 Å². The van der Waals surface area contributed by atoms with Gasteiger partial charge in [0.1, 0.15) is 17.2 Å². The summed E-state index contributed by atoms with van der Waals surface area (Å²) in [4.78, 5) is 24.0. The third kappa shape index (κ3) is 4.43. The van der Waals surface area contributed by atoms with Crippen molar-refractivity contribution in [1.82, 2.24) is 5.32 Å². The average Bonchev–Trinajstić information content (AvgIpc) is 2.62. The lowest BCUT2D eigenvalue weighted by atomic mass is 9.95. The number of ether oxygens (including phenoxy) is 1. The van der Waals surface area contributed by atoms with Crippen molar-refractivity contribution in [3.8, 4) is 0 Å². The fourth-order valence-electron chi connectivity index (χ4n) is 2.36. The summed E-state index contributed by atoms with van der Waals surface area (Å²) in [5.74, 6) is -2.87. The number of halogens is 2. The quantitative estimate of drug-likeness (QED) is 0.804. The SMILES string of the molecule is COC(C)(CNC(=O)C(=O)Nc1ccc(C)c(F)c1)c1ccccc1F. The van der Waals surface area contributed by atoms with Crippen molar-refractivity contribution in [2.75, 3.05) is 19.0 Å². The fourth-order valence-corrected chi connectivity index (χ4v) is 2.36. The molecule has 0 saturated carbocycles. The molecule has 0 aromatic heterocycles. The maximum atomic E-state index is 14.0. The highest BCUT2D eigenvalue weighted by atomic mass is 19.1. The number of hydrogen-bond donors (Lipinski definition) is 2. The molecule has 0 bridgehead atoms. The van der Waals surface area contributed by atoms with Crippen LogP contribution in [-0.4, -0.2) is 25.5 Å². The Bertz CT molecular complexity index is 826. The topological polar surface area (TPSA) is 67.4 Å². The molecule has 26 heavy (non-hydrogen) atoms. The van der Waals surface area contributed by atoms with E-state index in [4.69, 9.17) is 4.74 Å². The van der Waals surface area contributed by atoms with E-state index in [1.807, 2.05) is 0 Å². The maximum Gasteiger partial charge on any atom is 0.313 e. The minimum absolute atomic E-state index is 0.126. The number of methoxy groups -OCH3 is 1. The number of nitrogens with one attached hydrogen (secondary N) is 2. The standard InChI is InChI=1S/C19H20F2N2O3/c1-12-8-9-13(10-16(12)21)23-18(25)17(24)22-11-19(2,26-3)14-6-4-5-7-15(14)20/h4-10H,11H2,1-3H3,(H,22,24)(H,23,25). The van der Waals surface area contributed by atoms with E-state index in [0.29, 0.717) is 5.56 Å². The van der Waals surface area contributed by atoms with Gasteiger partial charge in [-0.05, 0) is 37.6 Å². The van der Waals surface area contributed by atoms with Crippen molar-refractivity contribution in [3.05, 3.63) is 65.2 Å². The molecule has 2 aromatic carbocycles. The molecule has 2 aromatic rings. The van der Waals surface area contributed by atoms with Crippen molar-refractivity contribution < 1.29 is 23.1 Å². The number of carbonyl (C=O) groups excluding carboxylic acids is 2. The predicted molar refractivity (Wildman–Crippen MR) is 93.5 cm³/mol. The lowest BCUT2D eigenvalue weighted by molar-refractivity contribution is -0.137. The second-order valence-corrected chi connectivity index (χ2v) is 6.02. The Morgan fingerprint density at radius 3 is 2.38 bits per heavy atom. The van der Waals surface area contributed by atoms with Crippen molar-refractivity contribution in [1.29, 1.82) is 0 Å². The first-order valence-electron chi connectivity index (χ1n) is 7.92. The molecule has 2 amide bonds. The average molecular weight is 362 g/mol. The third-order valence-corrected chi connectivity index (χ3v) is 4.12. The molecule has 0 aliphatic carbocycles. The van der Waals surface area contributed by atoms with Gasteiger partial charge in [-0.1, -0.05) is 24.3 Å². The van der Waals surface area contributed by atoms with E-state index in [1.54, 1.807) is 32.0 Å². The van der Waals surface area contributed by atoms with Crippen LogP contribution in [0.1, 0.15) is 18.1 Å². The monoisotopic (exact) mass is 362 g/mol. The summed E-state index contributed by atoms with van der Waals surface area (Å²) in [5.41, 5.74) is -0.314. The van der Waals surface area contributed by atoms with Crippen LogP contribution in [0.15, 0.2) is 42.5 Å². The maximum absolute atomic E-state index is 14.0. The highest BCUT2D eigenvalue weighted by Crippen LogP contribution is 2.26. The fraction of sp³-hybridized carbons (Fsp3) is 0.263. The second kappa shape index (κ2) is 8.05. The molecule has 0 fully saturated rings. The zero-order valence-electron chi connectivity index (χ0n) is 14.7. The van der Waals surface area contributed by atoms with Gasteiger partial charge in [0, 0.05) is 18.4 Å². The molecule has 0 aliphatic rings. The molecule has 5 nitrogen and oxygen atoms in total. The van der Waals surface area contributed by atoms with Gasteiger partial charge in [0.15, 0.2) is 0 Å². The van der Waals surface area contributed by atoms with Gasteiger partial charge in [0.05, 0.1) is 6.54 Å². The van der Waals surface area contributed by atoms with E-state index in [-0.39, 0.29) is 17.8 Å². The molecular weight excluding hydrogens is 342 g/mol. The molecule has 0 heterocycles. The van der Waals surface area contributed by atoms with Gasteiger partial charge >= 0.3 is 11.8 Å². The van der Waals surface area contributed by atoms with Gasteiger partial charge in [0.25, 0.3) is 0 Å². The Balaban J connectivity index is 2.03. The minimum Gasteiger partial charge on any atom is -0.372 e. The number of hydrogen-bond acceptors (Lipinski definition) is 3. The van der Waals surface area contributed by atoms with Crippen molar-refractivity contribution in [2.45, 2.75) is 19.4 Å². The molecule has 7 heteroatoms. The molecule has 1 atom stereocenters. The highest BCUT2D eigenvalue weighted by molar-refractivity contribution is 6.39. The van der Waals surface area contributed by atoms with Crippen molar-refractivity contribution in [2.24, 2.45) is 0 Å². The molecule has 0 aliphatic heterocycles. The number of amides is 2. The Labute approximate surface area is 150 Å². The second-order valence-electron chi connectivity index (χ2n) is 6.02. The molecule has 0 spiro atoms. The van der Waals surface area contributed by atoms with Crippen LogP contribution in [0.5, 0.6) is 0 Å². The Morgan fingerprint density at radius 1 is 1.08 bits per heavy atom. The third-order valence-electron chi connectivity index (χ3n) is 4.12. The van der Waals surface area contributed by atoms with Crippen LogP contribution in [-0.2, 0) is 19.9 Å².